The van der Waals surface area contributed by atoms with Gasteiger partial charge in [-0.1, -0.05) is 0 Å². The van der Waals surface area contributed by atoms with E-state index in [9.17, 15) is 0 Å². The van der Waals surface area contributed by atoms with Crippen molar-refractivity contribution < 1.29 is 48.0 Å². The van der Waals surface area contributed by atoms with Crippen LogP contribution in [0.1, 0.15) is 6.42 Å². The Balaban J connectivity index is 0. The molecule has 0 heterocycles. The normalized spacial score (nSPS) is 12.8. The van der Waals surface area contributed by atoms with Gasteiger partial charge < -0.3 is 24.8 Å². The van der Waals surface area contributed by atoms with E-state index in [1.165, 1.54) is 6.42 Å². The maximum atomic E-state index is 2.36. The largest absolute Gasteiger partial charge is 1.00 e. The van der Waals surface area contributed by atoms with Gasteiger partial charge in [0.1, 0.15) is 0 Å². The van der Waals surface area contributed by atoms with Crippen LogP contribution >= 0.6 is 0 Å². The summed E-state index contributed by atoms with van der Waals surface area (Å²) in [7, 11) is 0. The molecule has 0 aromatic heterocycles. The van der Waals surface area contributed by atoms with Crippen LogP contribution in [0.25, 0.3) is 0 Å². The van der Waals surface area contributed by atoms with Crippen molar-refractivity contribution in [2.75, 3.05) is 0 Å². The van der Waals surface area contributed by atoms with Crippen molar-refractivity contribution in [3.63, 3.8) is 0 Å². The predicted molar refractivity (Wildman–Crippen MR) is 27.7 cm³/mol. The first-order valence-corrected chi connectivity index (χ1v) is 6.15. The van der Waals surface area contributed by atoms with Crippen molar-refractivity contribution in [3.05, 3.63) is 21.5 Å². The molecule has 0 spiro atoms. The van der Waals surface area contributed by atoms with Crippen molar-refractivity contribution in [2.45, 2.75) is 11.1 Å². The van der Waals surface area contributed by atoms with E-state index in [2.05, 4.69) is 22.9 Å². The molecule has 0 amide bonds. The molecular formula is C6H8Cl2Zr. The Hall–Kier alpha value is 0.943. The second-order valence-corrected chi connectivity index (χ2v) is 4.38. The molecule has 0 saturated heterocycles. The van der Waals surface area contributed by atoms with E-state index in [1.54, 1.807) is 3.28 Å². The minimum absolute atomic E-state index is 0. The van der Waals surface area contributed by atoms with Crippen LogP contribution in [0.4, 0.5) is 0 Å². The average molecular weight is 242 g/mol. The summed E-state index contributed by atoms with van der Waals surface area (Å²) in [5.74, 6) is 0. The predicted octanol–water partition coefficient (Wildman–Crippen LogP) is -4.03. The van der Waals surface area contributed by atoms with Crippen molar-refractivity contribution in [1.29, 1.82) is 0 Å². The summed E-state index contributed by atoms with van der Waals surface area (Å²) in [6, 6.07) is 0. The molecule has 1 aliphatic carbocycles. The number of halogens is 2. The third kappa shape index (κ3) is 4.36. The van der Waals surface area contributed by atoms with Gasteiger partial charge in [0.15, 0.2) is 0 Å². The molecule has 0 N–H and O–H groups in total. The molecule has 0 radical (unpaired) electrons. The number of rotatable bonds is 1. The first-order chi connectivity index (χ1) is 3.43. The SMILES string of the molecule is [CH3][Zr+2][C]1=CC=CC1.[Cl-].[Cl-]. The molecular weight excluding hydrogens is 234 g/mol. The zero-order chi connectivity index (χ0) is 5.11. The van der Waals surface area contributed by atoms with Crippen LogP contribution in [-0.4, -0.2) is 0 Å². The fourth-order valence-electron chi connectivity index (χ4n) is 0.633. The third-order valence-corrected chi connectivity index (χ3v) is 3.58. The summed E-state index contributed by atoms with van der Waals surface area (Å²) in [5, 5.41) is 0. The van der Waals surface area contributed by atoms with Crippen LogP contribution in [0, 0.1) is 0 Å². The second-order valence-electron chi connectivity index (χ2n) is 1.57. The molecule has 0 unspecified atom stereocenters. The maximum Gasteiger partial charge on any atom is -1.00 e. The fourth-order valence-corrected chi connectivity index (χ4v) is 2.07. The first kappa shape index (κ1) is 12.6. The summed E-state index contributed by atoms with van der Waals surface area (Å²) in [5.41, 5.74) is 0. The van der Waals surface area contributed by atoms with Gasteiger partial charge in [-0.3, -0.25) is 0 Å². The van der Waals surface area contributed by atoms with Crippen LogP contribution in [0.15, 0.2) is 21.5 Å². The van der Waals surface area contributed by atoms with Gasteiger partial charge in [0.05, 0.1) is 0 Å². The average Bonchev–Trinajstić information content (AvgIpc) is 2.14. The minimum atomic E-state index is -0.0408. The van der Waals surface area contributed by atoms with Crippen LogP contribution in [0.3, 0.4) is 0 Å². The van der Waals surface area contributed by atoms with Crippen molar-refractivity contribution in [2.24, 2.45) is 0 Å². The van der Waals surface area contributed by atoms with Gasteiger partial charge in [0.25, 0.3) is 0 Å². The van der Waals surface area contributed by atoms with Gasteiger partial charge in [-0.25, -0.2) is 0 Å². The minimum Gasteiger partial charge on any atom is -1.00 e. The Bertz CT molecular complexity index is 118. The van der Waals surface area contributed by atoms with Crippen LogP contribution in [0.2, 0.25) is 4.63 Å². The van der Waals surface area contributed by atoms with Crippen LogP contribution in [0.5, 0.6) is 0 Å². The monoisotopic (exact) mass is 240 g/mol. The van der Waals surface area contributed by atoms with Crippen molar-refractivity contribution in [1.82, 2.24) is 0 Å². The van der Waals surface area contributed by atoms with E-state index in [1.807, 2.05) is 0 Å². The zero-order valence-corrected chi connectivity index (χ0v) is 9.16. The molecule has 0 aromatic carbocycles. The molecule has 3 heteroatoms. The molecule has 1 aliphatic rings. The van der Waals surface area contributed by atoms with E-state index in [0.717, 1.165) is 0 Å². The second kappa shape index (κ2) is 7.05. The number of allylic oxidation sites excluding steroid dienone is 4. The van der Waals surface area contributed by atoms with Gasteiger partial charge in [0, 0.05) is 0 Å². The van der Waals surface area contributed by atoms with Gasteiger partial charge in [-0.05, 0) is 0 Å². The standard InChI is InChI=1S/C5H5.CH3.2ClH.Zr/c1-2-4-5-3-1;;;;/h1-3H,4H2;1H3;2*1H;/q;;;;+2/p-2. The number of hydrogen-bond donors (Lipinski definition) is 0. The maximum absolute atomic E-state index is 2.36. The van der Waals surface area contributed by atoms with E-state index in [0.29, 0.717) is 0 Å². The van der Waals surface area contributed by atoms with Crippen LogP contribution < -0.4 is 24.8 Å². The molecule has 9 heavy (non-hydrogen) atoms. The summed E-state index contributed by atoms with van der Waals surface area (Å²) < 4.78 is 4.09. The molecule has 0 bridgehead atoms. The van der Waals surface area contributed by atoms with E-state index in [4.69, 9.17) is 0 Å². The Morgan fingerprint density at radius 3 is 2.33 bits per heavy atom. The van der Waals surface area contributed by atoms with E-state index < -0.39 is 0 Å². The zero-order valence-electron chi connectivity index (χ0n) is 5.20. The summed E-state index contributed by atoms with van der Waals surface area (Å²) >= 11 is -0.0408. The van der Waals surface area contributed by atoms with Crippen molar-refractivity contribution >= 4 is 0 Å². The van der Waals surface area contributed by atoms with Crippen molar-refractivity contribution in [3.8, 4) is 0 Å². The van der Waals surface area contributed by atoms with Crippen LogP contribution in [-0.2, 0) is 23.2 Å². The molecule has 0 fully saturated rings. The first-order valence-electron chi connectivity index (χ1n) is 2.47. The van der Waals surface area contributed by atoms with E-state index >= 15 is 0 Å². The van der Waals surface area contributed by atoms with Gasteiger partial charge in [-0.2, -0.15) is 0 Å². The molecule has 0 aromatic rings. The van der Waals surface area contributed by atoms with E-state index in [-0.39, 0.29) is 48.0 Å². The quantitative estimate of drug-likeness (QED) is 0.439. The molecule has 50 valence electrons. The molecule has 0 aliphatic heterocycles. The smallest absolute Gasteiger partial charge is 1.00 e. The Morgan fingerprint density at radius 2 is 2.11 bits per heavy atom. The summed E-state index contributed by atoms with van der Waals surface area (Å²) in [6.07, 6.45) is 7.94. The molecule has 0 saturated carbocycles. The molecule has 1 rings (SSSR count). The van der Waals surface area contributed by atoms with Gasteiger partial charge in [0.2, 0.25) is 0 Å². The Kier molecular flexibility index (Phi) is 9.88. The number of hydrogen-bond acceptors (Lipinski definition) is 0. The Labute approximate surface area is 80.2 Å². The topological polar surface area (TPSA) is 0 Å². The molecule has 0 nitrogen and oxygen atoms in total. The Morgan fingerprint density at radius 1 is 1.44 bits per heavy atom. The summed E-state index contributed by atoms with van der Waals surface area (Å²) in [6.45, 7) is 0. The fraction of sp³-hybridized carbons (Fsp3) is 0.333. The van der Waals surface area contributed by atoms with Gasteiger partial charge >= 0.3 is 55.8 Å². The van der Waals surface area contributed by atoms with Gasteiger partial charge in [-0.15, -0.1) is 0 Å². The summed E-state index contributed by atoms with van der Waals surface area (Å²) in [4.78, 5) is 0. The third-order valence-electron chi connectivity index (χ3n) is 1.09. The molecule has 0 atom stereocenters.